The SMILES string of the molecule is CCc1c(Br)cccc1C(N)=O. The van der Waals surface area contributed by atoms with Gasteiger partial charge < -0.3 is 5.73 Å². The van der Waals surface area contributed by atoms with Crippen LogP contribution in [0.4, 0.5) is 0 Å². The number of carbonyl (C=O) groups is 1. The van der Waals surface area contributed by atoms with Crippen LogP contribution >= 0.6 is 15.9 Å². The van der Waals surface area contributed by atoms with Crippen LogP contribution in [0, 0.1) is 0 Å². The second-order valence-electron chi connectivity index (χ2n) is 2.48. The number of hydrogen-bond donors (Lipinski definition) is 1. The van der Waals surface area contributed by atoms with Gasteiger partial charge in [-0.2, -0.15) is 0 Å². The Morgan fingerprint density at radius 3 is 2.67 bits per heavy atom. The summed E-state index contributed by atoms with van der Waals surface area (Å²) in [5.74, 6) is -0.367. The van der Waals surface area contributed by atoms with E-state index in [-0.39, 0.29) is 5.91 Å². The molecule has 0 saturated heterocycles. The number of primary amides is 1. The van der Waals surface area contributed by atoms with E-state index in [4.69, 9.17) is 5.73 Å². The molecule has 0 aliphatic rings. The molecule has 0 bridgehead atoms. The summed E-state index contributed by atoms with van der Waals surface area (Å²) in [7, 11) is 0. The minimum Gasteiger partial charge on any atom is -0.366 e. The topological polar surface area (TPSA) is 43.1 Å². The number of nitrogens with two attached hydrogens (primary N) is 1. The van der Waals surface area contributed by atoms with Crippen molar-refractivity contribution in [2.24, 2.45) is 5.73 Å². The first-order chi connectivity index (χ1) is 5.66. The van der Waals surface area contributed by atoms with Gasteiger partial charge in [0.2, 0.25) is 5.91 Å². The van der Waals surface area contributed by atoms with Gasteiger partial charge in [-0.3, -0.25) is 4.79 Å². The van der Waals surface area contributed by atoms with Gasteiger partial charge in [0.25, 0.3) is 0 Å². The molecule has 0 radical (unpaired) electrons. The average Bonchev–Trinajstić information content (AvgIpc) is 2.03. The van der Waals surface area contributed by atoms with Crippen molar-refractivity contribution < 1.29 is 4.79 Å². The Hall–Kier alpha value is -0.830. The van der Waals surface area contributed by atoms with Crippen molar-refractivity contribution >= 4 is 21.8 Å². The smallest absolute Gasteiger partial charge is 0.249 e. The summed E-state index contributed by atoms with van der Waals surface area (Å²) in [6.07, 6.45) is 0.805. The lowest BCUT2D eigenvalue weighted by Gasteiger charge is -2.05. The highest BCUT2D eigenvalue weighted by Gasteiger charge is 2.08. The molecule has 1 aromatic rings. The van der Waals surface area contributed by atoms with Crippen molar-refractivity contribution in [1.82, 2.24) is 0 Å². The Kier molecular flexibility index (Phi) is 2.87. The van der Waals surface area contributed by atoms with E-state index in [2.05, 4.69) is 15.9 Å². The molecule has 1 aromatic carbocycles. The Labute approximate surface area is 79.9 Å². The Bertz CT molecular complexity index is 309. The summed E-state index contributed by atoms with van der Waals surface area (Å²) in [6, 6.07) is 5.46. The molecule has 12 heavy (non-hydrogen) atoms. The fourth-order valence-electron chi connectivity index (χ4n) is 1.15. The van der Waals surface area contributed by atoms with E-state index in [9.17, 15) is 4.79 Å². The van der Waals surface area contributed by atoms with E-state index in [1.54, 1.807) is 6.07 Å². The maximum absolute atomic E-state index is 10.9. The van der Waals surface area contributed by atoms with Gasteiger partial charge in [-0.25, -0.2) is 0 Å². The first kappa shape index (κ1) is 9.26. The zero-order valence-corrected chi connectivity index (χ0v) is 8.39. The number of rotatable bonds is 2. The second-order valence-corrected chi connectivity index (χ2v) is 3.34. The molecule has 2 N–H and O–H groups in total. The molecule has 1 amide bonds. The lowest BCUT2D eigenvalue weighted by Crippen LogP contribution is -2.13. The summed E-state index contributed by atoms with van der Waals surface area (Å²) in [5.41, 5.74) is 6.78. The van der Waals surface area contributed by atoms with E-state index >= 15 is 0 Å². The predicted octanol–water partition coefficient (Wildman–Crippen LogP) is 2.11. The molecule has 0 heterocycles. The highest BCUT2D eigenvalue weighted by atomic mass is 79.9. The Morgan fingerprint density at radius 1 is 1.58 bits per heavy atom. The Morgan fingerprint density at radius 2 is 2.25 bits per heavy atom. The van der Waals surface area contributed by atoms with E-state index in [1.165, 1.54) is 0 Å². The van der Waals surface area contributed by atoms with Gasteiger partial charge in [0.1, 0.15) is 0 Å². The summed E-state index contributed by atoms with van der Waals surface area (Å²) >= 11 is 3.37. The molecule has 0 unspecified atom stereocenters. The molecule has 0 saturated carbocycles. The standard InChI is InChI=1S/C9H10BrNO/c1-2-6-7(9(11)12)4-3-5-8(6)10/h3-5H,2H2,1H3,(H2,11,12). The zero-order chi connectivity index (χ0) is 9.14. The van der Waals surface area contributed by atoms with E-state index in [0.717, 1.165) is 16.5 Å². The average molecular weight is 228 g/mol. The zero-order valence-electron chi connectivity index (χ0n) is 6.80. The molecule has 0 aliphatic carbocycles. The first-order valence-electron chi connectivity index (χ1n) is 3.74. The maximum Gasteiger partial charge on any atom is 0.249 e. The summed E-state index contributed by atoms with van der Waals surface area (Å²) in [4.78, 5) is 10.9. The molecule has 0 aliphatic heterocycles. The van der Waals surface area contributed by atoms with Crippen molar-refractivity contribution in [3.05, 3.63) is 33.8 Å². The lowest BCUT2D eigenvalue weighted by molar-refractivity contribution is 0.0999. The third-order valence-corrected chi connectivity index (χ3v) is 2.48. The normalized spacial score (nSPS) is 9.83. The van der Waals surface area contributed by atoms with Crippen LogP contribution in [-0.4, -0.2) is 5.91 Å². The molecule has 3 heteroatoms. The minimum atomic E-state index is -0.367. The second kappa shape index (κ2) is 3.72. The first-order valence-corrected chi connectivity index (χ1v) is 4.53. The van der Waals surface area contributed by atoms with Gasteiger partial charge in [-0.15, -0.1) is 0 Å². The molecular weight excluding hydrogens is 218 g/mol. The highest BCUT2D eigenvalue weighted by molar-refractivity contribution is 9.10. The van der Waals surface area contributed by atoms with Gasteiger partial charge in [0.05, 0.1) is 0 Å². The number of hydrogen-bond acceptors (Lipinski definition) is 1. The predicted molar refractivity (Wildman–Crippen MR) is 52.0 cm³/mol. The van der Waals surface area contributed by atoms with Crippen molar-refractivity contribution in [2.45, 2.75) is 13.3 Å². The van der Waals surface area contributed by atoms with E-state index in [0.29, 0.717) is 5.56 Å². The van der Waals surface area contributed by atoms with Gasteiger partial charge in [0.15, 0.2) is 0 Å². The molecule has 64 valence electrons. The quantitative estimate of drug-likeness (QED) is 0.827. The van der Waals surface area contributed by atoms with Crippen LogP contribution < -0.4 is 5.73 Å². The minimum absolute atomic E-state index is 0.367. The van der Waals surface area contributed by atoms with Crippen molar-refractivity contribution in [3.63, 3.8) is 0 Å². The number of halogens is 1. The number of benzene rings is 1. The molecule has 0 fully saturated rings. The van der Waals surface area contributed by atoms with Crippen LogP contribution in [0.3, 0.4) is 0 Å². The monoisotopic (exact) mass is 227 g/mol. The molecule has 0 atom stereocenters. The van der Waals surface area contributed by atoms with E-state index in [1.807, 2.05) is 19.1 Å². The van der Waals surface area contributed by atoms with E-state index < -0.39 is 0 Å². The maximum atomic E-state index is 10.9. The van der Waals surface area contributed by atoms with Crippen molar-refractivity contribution in [2.75, 3.05) is 0 Å². The number of carbonyl (C=O) groups excluding carboxylic acids is 1. The third-order valence-electron chi connectivity index (χ3n) is 1.74. The van der Waals surface area contributed by atoms with Crippen LogP contribution in [0.15, 0.2) is 22.7 Å². The third kappa shape index (κ3) is 1.67. The molecule has 2 nitrogen and oxygen atoms in total. The fourth-order valence-corrected chi connectivity index (χ4v) is 1.80. The molecule has 0 spiro atoms. The van der Waals surface area contributed by atoms with Gasteiger partial charge in [-0.1, -0.05) is 28.9 Å². The summed E-state index contributed by atoms with van der Waals surface area (Å²) < 4.78 is 0.946. The number of amides is 1. The van der Waals surface area contributed by atoms with Crippen LogP contribution in [0.5, 0.6) is 0 Å². The Balaban J connectivity index is 3.27. The van der Waals surface area contributed by atoms with Crippen molar-refractivity contribution in [3.8, 4) is 0 Å². The van der Waals surface area contributed by atoms with Crippen molar-refractivity contribution in [1.29, 1.82) is 0 Å². The fraction of sp³-hybridized carbons (Fsp3) is 0.222. The van der Waals surface area contributed by atoms with Gasteiger partial charge >= 0.3 is 0 Å². The van der Waals surface area contributed by atoms with Crippen LogP contribution in [0.25, 0.3) is 0 Å². The largest absolute Gasteiger partial charge is 0.366 e. The summed E-state index contributed by atoms with van der Waals surface area (Å²) in [5, 5.41) is 0. The van der Waals surface area contributed by atoms with Crippen LogP contribution in [0.2, 0.25) is 0 Å². The molecule has 0 aromatic heterocycles. The van der Waals surface area contributed by atoms with Crippen LogP contribution in [0.1, 0.15) is 22.8 Å². The molecular formula is C9H10BrNO. The summed E-state index contributed by atoms with van der Waals surface area (Å²) in [6.45, 7) is 1.99. The highest BCUT2D eigenvalue weighted by Crippen LogP contribution is 2.20. The lowest BCUT2D eigenvalue weighted by atomic mass is 10.1. The van der Waals surface area contributed by atoms with Gasteiger partial charge in [0, 0.05) is 10.0 Å². The molecule has 1 rings (SSSR count). The van der Waals surface area contributed by atoms with Crippen LogP contribution in [-0.2, 0) is 6.42 Å². The van der Waals surface area contributed by atoms with Gasteiger partial charge in [-0.05, 0) is 24.1 Å².